The van der Waals surface area contributed by atoms with Crippen LogP contribution in [-0.2, 0) is 20.2 Å². The molecule has 35 heavy (non-hydrogen) atoms. The number of benzene rings is 2. The van der Waals surface area contributed by atoms with Gasteiger partial charge in [-0.3, -0.25) is 14.1 Å². The van der Waals surface area contributed by atoms with E-state index in [-0.39, 0.29) is 27.6 Å². The first-order valence-electron chi connectivity index (χ1n) is 9.68. The third-order valence-corrected chi connectivity index (χ3v) is 6.12. The summed E-state index contributed by atoms with van der Waals surface area (Å²) in [7, 11) is -8.67. The first kappa shape index (κ1) is 24.0. The van der Waals surface area contributed by atoms with Gasteiger partial charge in [-0.15, -0.1) is 0 Å². The molecule has 0 bridgehead atoms. The molecule has 0 aliphatic heterocycles. The van der Waals surface area contributed by atoms with Crippen molar-refractivity contribution >= 4 is 55.1 Å². The Hall–Kier alpha value is -4.18. The van der Waals surface area contributed by atoms with E-state index in [0.717, 1.165) is 0 Å². The summed E-state index contributed by atoms with van der Waals surface area (Å²) in [6.07, 6.45) is 3.16. The molecule has 2 aromatic heterocycles. The maximum atomic E-state index is 11.2. The van der Waals surface area contributed by atoms with Crippen LogP contribution in [-0.4, -0.2) is 45.9 Å². The second-order valence-electron chi connectivity index (χ2n) is 6.92. The molecule has 0 saturated heterocycles. The standard InChI is InChI=1S/C20H17N7O6S2/c28-34(29,30)16-5-1-13(2-6-16)22-18-25-19(23-14-3-7-17(8-4-14)35(31,32)33)27-20(26-18)24-15-9-11-21-12-10-15/h1-12H,(H,28,29,30)(H,31,32,33)(H3,21,22,23,24,25,26,27). The van der Waals surface area contributed by atoms with Crippen LogP contribution in [0, 0.1) is 0 Å². The van der Waals surface area contributed by atoms with Crippen LogP contribution in [0.2, 0.25) is 0 Å². The van der Waals surface area contributed by atoms with Gasteiger partial charge < -0.3 is 16.0 Å². The Labute approximate surface area is 199 Å². The van der Waals surface area contributed by atoms with E-state index in [1.165, 1.54) is 48.5 Å². The summed E-state index contributed by atoms with van der Waals surface area (Å²) in [4.78, 5) is 16.3. The highest BCUT2D eigenvalue weighted by molar-refractivity contribution is 7.86. The molecule has 5 N–H and O–H groups in total. The summed E-state index contributed by atoms with van der Waals surface area (Å²) >= 11 is 0. The van der Waals surface area contributed by atoms with E-state index in [1.807, 2.05) is 0 Å². The molecule has 0 spiro atoms. The predicted molar refractivity (Wildman–Crippen MR) is 126 cm³/mol. The molecule has 0 amide bonds. The van der Waals surface area contributed by atoms with Crippen LogP contribution in [0.15, 0.2) is 82.8 Å². The van der Waals surface area contributed by atoms with Gasteiger partial charge in [0.2, 0.25) is 17.8 Å². The summed E-state index contributed by atoms with van der Waals surface area (Å²) in [5.74, 6) is 0.335. The minimum absolute atomic E-state index is 0.0909. The smallest absolute Gasteiger partial charge is 0.294 e. The Morgan fingerprint density at radius 3 is 1.14 bits per heavy atom. The van der Waals surface area contributed by atoms with Crippen molar-refractivity contribution < 1.29 is 25.9 Å². The van der Waals surface area contributed by atoms with Gasteiger partial charge in [-0.05, 0) is 60.7 Å². The van der Waals surface area contributed by atoms with Gasteiger partial charge in [-0.2, -0.15) is 31.8 Å². The molecule has 0 fully saturated rings. The van der Waals surface area contributed by atoms with Crippen molar-refractivity contribution in [1.82, 2.24) is 19.9 Å². The minimum atomic E-state index is -4.33. The lowest BCUT2D eigenvalue weighted by molar-refractivity contribution is 0.481. The number of hydrogen-bond donors (Lipinski definition) is 5. The molecular weight excluding hydrogens is 498 g/mol. The summed E-state index contributed by atoms with van der Waals surface area (Å²) in [6.45, 7) is 0. The Morgan fingerprint density at radius 2 is 0.829 bits per heavy atom. The fourth-order valence-corrected chi connectivity index (χ4v) is 3.75. The minimum Gasteiger partial charge on any atom is -0.324 e. The molecule has 0 aliphatic rings. The summed E-state index contributed by atoms with van der Waals surface area (Å²) < 4.78 is 63.3. The van der Waals surface area contributed by atoms with Crippen LogP contribution in [0.1, 0.15) is 0 Å². The molecular formula is C20H17N7O6S2. The van der Waals surface area contributed by atoms with E-state index in [4.69, 9.17) is 9.11 Å². The number of rotatable bonds is 8. The van der Waals surface area contributed by atoms with Gasteiger partial charge in [0.25, 0.3) is 20.2 Å². The number of anilines is 6. The monoisotopic (exact) mass is 515 g/mol. The van der Waals surface area contributed by atoms with Gasteiger partial charge in [-0.1, -0.05) is 0 Å². The van der Waals surface area contributed by atoms with Crippen LogP contribution in [0.5, 0.6) is 0 Å². The van der Waals surface area contributed by atoms with Crippen molar-refractivity contribution in [1.29, 1.82) is 0 Å². The first-order valence-corrected chi connectivity index (χ1v) is 12.6. The van der Waals surface area contributed by atoms with Crippen molar-refractivity contribution in [3.63, 3.8) is 0 Å². The van der Waals surface area contributed by atoms with Crippen LogP contribution < -0.4 is 16.0 Å². The van der Waals surface area contributed by atoms with Crippen LogP contribution >= 0.6 is 0 Å². The molecule has 0 atom stereocenters. The topological polar surface area (TPSA) is 196 Å². The number of nitrogens with one attached hydrogen (secondary N) is 3. The lowest BCUT2D eigenvalue weighted by Crippen LogP contribution is -2.07. The Kier molecular flexibility index (Phi) is 6.57. The predicted octanol–water partition coefficient (Wildman–Crippen LogP) is 2.99. The van der Waals surface area contributed by atoms with Crippen LogP contribution in [0.4, 0.5) is 34.9 Å². The van der Waals surface area contributed by atoms with E-state index >= 15 is 0 Å². The molecule has 2 heterocycles. The number of aromatic nitrogens is 4. The molecule has 180 valence electrons. The molecule has 13 nitrogen and oxygen atoms in total. The largest absolute Gasteiger partial charge is 0.324 e. The van der Waals surface area contributed by atoms with Crippen molar-refractivity contribution in [3.05, 3.63) is 73.1 Å². The van der Waals surface area contributed by atoms with Crippen molar-refractivity contribution in [2.75, 3.05) is 16.0 Å². The van der Waals surface area contributed by atoms with Gasteiger partial charge in [0.1, 0.15) is 0 Å². The Balaban J connectivity index is 1.63. The molecule has 0 radical (unpaired) electrons. The van der Waals surface area contributed by atoms with Crippen molar-refractivity contribution in [3.8, 4) is 0 Å². The fourth-order valence-electron chi connectivity index (χ4n) is 2.79. The Bertz CT molecular complexity index is 1450. The summed E-state index contributed by atoms with van der Waals surface area (Å²) in [6, 6.07) is 13.9. The summed E-state index contributed by atoms with van der Waals surface area (Å²) in [5.41, 5.74) is 1.52. The fraction of sp³-hybridized carbons (Fsp3) is 0. The molecule has 4 aromatic rings. The maximum Gasteiger partial charge on any atom is 0.294 e. The molecule has 15 heteroatoms. The zero-order valence-corrected chi connectivity index (χ0v) is 19.2. The molecule has 4 rings (SSSR count). The van der Waals surface area contributed by atoms with Crippen LogP contribution in [0.25, 0.3) is 0 Å². The third kappa shape index (κ3) is 6.45. The van der Waals surface area contributed by atoms with Gasteiger partial charge in [-0.25, -0.2) is 0 Å². The number of pyridine rings is 1. The van der Waals surface area contributed by atoms with Crippen molar-refractivity contribution in [2.24, 2.45) is 0 Å². The quantitative estimate of drug-likeness (QED) is 0.215. The van der Waals surface area contributed by atoms with E-state index in [0.29, 0.717) is 17.1 Å². The first-order chi connectivity index (χ1) is 16.6. The molecule has 0 aliphatic carbocycles. The second kappa shape index (κ2) is 9.59. The van der Waals surface area contributed by atoms with Gasteiger partial charge in [0, 0.05) is 29.5 Å². The molecule has 2 aromatic carbocycles. The normalized spacial score (nSPS) is 11.6. The number of hydrogen-bond acceptors (Lipinski definition) is 11. The average Bonchev–Trinajstić information content (AvgIpc) is 2.79. The highest BCUT2D eigenvalue weighted by Crippen LogP contribution is 2.22. The second-order valence-corrected chi connectivity index (χ2v) is 9.76. The highest BCUT2D eigenvalue weighted by Gasteiger charge is 2.12. The number of nitrogens with zero attached hydrogens (tertiary/aromatic N) is 4. The van der Waals surface area contributed by atoms with E-state index in [2.05, 4.69) is 35.9 Å². The molecule has 0 saturated carbocycles. The summed E-state index contributed by atoms with van der Waals surface area (Å²) in [5, 5.41) is 8.85. The zero-order valence-electron chi connectivity index (χ0n) is 17.6. The lowest BCUT2D eigenvalue weighted by atomic mass is 10.3. The highest BCUT2D eigenvalue weighted by atomic mass is 32.2. The van der Waals surface area contributed by atoms with E-state index in [1.54, 1.807) is 24.5 Å². The third-order valence-electron chi connectivity index (χ3n) is 4.39. The lowest BCUT2D eigenvalue weighted by Gasteiger charge is -2.12. The molecule has 0 unspecified atom stereocenters. The van der Waals surface area contributed by atoms with Gasteiger partial charge in [0.15, 0.2) is 0 Å². The Morgan fingerprint density at radius 1 is 0.514 bits per heavy atom. The van der Waals surface area contributed by atoms with Gasteiger partial charge in [0.05, 0.1) is 9.79 Å². The maximum absolute atomic E-state index is 11.2. The van der Waals surface area contributed by atoms with Crippen LogP contribution in [0.3, 0.4) is 0 Å². The van der Waals surface area contributed by atoms with Crippen molar-refractivity contribution in [2.45, 2.75) is 9.79 Å². The van der Waals surface area contributed by atoms with E-state index < -0.39 is 20.2 Å². The van der Waals surface area contributed by atoms with E-state index in [9.17, 15) is 16.8 Å². The SMILES string of the molecule is O=S(=O)(O)c1ccc(Nc2nc(Nc3ccncc3)nc(Nc3ccc(S(=O)(=O)O)cc3)n2)cc1. The van der Waals surface area contributed by atoms with Gasteiger partial charge >= 0.3 is 0 Å². The zero-order chi connectivity index (χ0) is 25.1. The average molecular weight is 516 g/mol.